The summed E-state index contributed by atoms with van der Waals surface area (Å²) in [7, 11) is 3.08. The van der Waals surface area contributed by atoms with Gasteiger partial charge in [-0.3, -0.25) is 9.78 Å². The lowest BCUT2D eigenvalue weighted by Gasteiger charge is -2.19. The smallest absolute Gasteiger partial charge is 0.254 e. The first-order valence-corrected chi connectivity index (χ1v) is 8.90. The Kier molecular flexibility index (Phi) is 5.81. The van der Waals surface area contributed by atoms with Crippen LogP contribution >= 0.6 is 0 Å². The maximum Gasteiger partial charge on any atom is 0.254 e. The summed E-state index contributed by atoms with van der Waals surface area (Å²) < 4.78 is 16.6. The molecule has 0 aliphatic carbocycles. The molecule has 0 radical (unpaired) electrons. The summed E-state index contributed by atoms with van der Waals surface area (Å²) in [6, 6.07) is 5.41. The van der Waals surface area contributed by atoms with Crippen molar-refractivity contribution in [3.8, 4) is 17.2 Å². The second kappa shape index (κ2) is 8.26. The number of hydrogen-bond donors (Lipinski definition) is 1. The fourth-order valence-electron chi connectivity index (χ4n) is 3.13. The Morgan fingerprint density at radius 3 is 2.44 bits per heavy atom. The van der Waals surface area contributed by atoms with E-state index in [0.717, 1.165) is 16.8 Å². The summed E-state index contributed by atoms with van der Waals surface area (Å²) in [5.74, 6) is 1.32. The van der Waals surface area contributed by atoms with E-state index in [-0.39, 0.29) is 5.91 Å². The second-order valence-electron chi connectivity index (χ2n) is 6.46. The molecule has 1 amide bonds. The third-order valence-electron chi connectivity index (χ3n) is 4.53. The van der Waals surface area contributed by atoms with E-state index in [4.69, 9.17) is 19.9 Å². The molecule has 1 aromatic heterocycles. The highest BCUT2D eigenvalue weighted by molar-refractivity contribution is 5.96. The molecule has 1 aromatic carbocycles. The van der Waals surface area contributed by atoms with Gasteiger partial charge in [0.2, 0.25) is 5.75 Å². The number of nitrogens with two attached hydrogens (primary N) is 1. The number of nitrogens with zero attached hydrogens (tertiary/aromatic N) is 2. The van der Waals surface area contributed by atoms with Crippen molar-refractivity contribution in [2.45, 2.75) is 26.4 Å². The third kappa shape index (κ3) is 3.98. The van der Waals surface area contributed by atoms with Gasteiger partial charge in [-0.1, -0.05) is 0 Å². The molecule has 144 valence electrons. The summed E-state index contributed by atoms with van der Waals surface area (Å²) >= 11 is 0. The maximum atomic E-state index is 13.0. The van der Waals surface area contributed by atoms with Gasteiger partial charge in [0.15, 0.2) is 11.5 Å². The predicted octanol–water partition coefficient (Wildman–Crippen LogP) is 2.29. The van der Waals surface area contributed by atoms with Gasteiger partial charge in [-0.05, 0) is 49.2 Å². The molecule has 0 atom stereocenters. The van der Waals surface area contributed by atoms with Gasteiger partial charge in [0.05, 0.1) is 20.8 Å². The topological polar surface area (TPSA) is 86.9 Å². The summed E-state index contributed by atoms with van der Waals surface area (Å²) in [6.45, 7) is 4.04. The number of amides is 1. The van der Waals surface area contributed by atoms with Crippen LogP contribution in [0.15, 0.2) is 24.4 Å². The molecule has 2 aromatic rings. The number of carbonyl (C=O) groups is 1. The van der Waals surface area contributed by atoms with Gasteiger partial charge in [0.25, 0.3) is 5.91 Å². The SMILES string of the molecule is COc1cc(C(=O)N2Cc3cnc(C)cc3C2)cc(OC)c1OCCCN. The first-order chi connectivity index (χ1) is 13.1. The number of methoxy groups -OCH3 is 2. The molecule has 2 heterocycles. The van der Waals surface area contributed by atoms with Gasteiger partial charge in [0.1, 0.15) is 0 Å². The zero-order valence-electron chi connectivity index (χ0n) is 15.9. The Morgan fingerprint density at radius 2 is 1.81 bits per heavy atom. The molecule has 7 nitrogen and oxygen atoms in total. The quantitative estimate of drug-likeness (QED) is 0.752. The number of pyridine rings is 1. The van der Waals surface area contributed by atoms with Crippen molar-refractivity contribution >= 4 is 5.91 Å². The fraction of sp³-hybridized carbons (Fsp3) is 0.400. The number of carbonyl (C=O) groups excluding carboxylic acids is 1. The van der Waals surface area contributed by atoms with Crippen LogP contribution < -0.4 is 19.9 Å². The molecule has 0 fully saturated rings. The number of fused-ring (bicyclic) bond motifs is 1. The van der Waals surface area contributed by atoms with Gasteiger partial charge in [-0.25, -0.2) is 0 Å². The number of ether oxygens (including phenoxy) is 3. The predicted molar refractivity (Wildman–Crippen MR) is 101 cm³/mol. The lowest BCUT2D eigenvalue weighted by atomic mass is 10.1. The Morgan fingerprint density at radius 1 is 1.15 bits per heavy atom. The summed E-state index contributed by atoms with van der Waals surface area (Å²) in [5.41, 5.74) is 9.17. The lowest BCUT2D eigenvalue weighted by molar-refractivity contribution is 0.0750. The zero-order valence-corrected chi connectivity index (χ0v) is 15.9. The highest BCUT2D eigenvalue weighted by atomic mass is 16.5. The monoisotopic (exact) mass is 371 g/mol. The first kappa shape index (κ1) is 19.0. The lowest BCUT2D eigenvalue weighted by Crippen LogP contribution is -2.25. The third-order valence-corrected chi connectivity index (χ3v) is 4.53. The molecule has 0 bridgehead atoms. The van der Waals surface area contributed by atoms with E-state index in [1.54, 1.807) is 31.3 Å². The maximum absolute atomic E-state index is 13.0. The average molecular weight is 371 g/mol. The molecule has 7 heteroatoms. The van der Waals surface area contributed by atoms with Crippen LogP contribution in [0.1, 0.15) is 33.6 Å². The molecular weight excluding hydrogens is 346 g/mol. The van der Waals surface area contributed by atoms with Crippen LogP contribution in [0.4, 0.5) is 0 Å². The van der Waals surface area contributed by atoms with Crippen molar-refractivity contribution in [1.82, 2.24) is 9.88 Å². The minimum Gasteiger partial charge on any atom is -0.493 e. The van der Waals surface area contributed by atoms with Gasteiger partial charge in [-0.15, -0.1) is 0 Å². The van der Waals surface area contributed by atoms with E-state index in [1.165, 1.54) is 0 Å². The number of rotatable bonds is 7. The van der Waals surface area contributed by atoms with Crippen LogP contribution in [0.5, 0.6) is 17.2 Å². The van der Waals surface area contributed by atoms with Gasteiger partial charge in [-0.2, -0.15) is 0 Å². The van der Waals surface area contributed by atoms with Gasteiger partial charge >= 0.3 is 0 Å². The highest BCUT2D eigenvalue weighted by Gasteiger charge is 2.26. The van der Waals surface area contributed by atoms with Crippen LogP contribution in [0, 0.1) is 6.92 Å². The largest absolute Gasteiger partial charge is 0.493 e. The van der Waals surface area contributed by atoms with Crippen molar-refractivity contribution < 1.29 is 19.0 Å². The standard InChI is InChI=1S/C20H25N3O4/c1-13-7-15-11-23(12-16(15)10-22-13)20(24)14-8-17(25-2)19(18(9-14)26-3)27-6-4-5-21/h7-10H,4-6,11-12,21H2,1-3H3. The van der Waals surface area contributed by atoms with Gasteiger partial charge in [0, 0.05) is 30.5 Å². The van der Waals surface area contributed by atoms with Crippen molar-refractivity contribution in [3.05, 3.63) is 46.8 Å². The van der Waals surface area contributed by atoms with Crippen LogP contribution in [-0.2, 0) is 13.1 Å². The number of benzene rings is 1. The molecule has 0 spiro atoms. The van der Waals surface area contributed by atoms with E-state index in [1.807, 2.05) is 19.2 Å². The summed E-state index contributed by atoms with van der Waals surface area (Å²) in [6.07, 6.45) is 2.56. The Balaban J connectivity index is 1.85. The number of aryl methyl sites for hydroxylation is 1. The molecule has 2 N–H and O–H groups in total. The van der Waals surface area contributed by atoms with E-state index in [2.05, 4.69) is 4.98 Å². The molecular formula is C20H25N3O4. The van der Waals surface area contributed by atoms with Crippen molar-refractivity contribution in [2.75, 3.05) is 27.4 Å². The Labute approximate surface area is 159 Å². The van der Waals surface area contributed by atoms with E-state index in [0.29, 0.717) is 55.5 Å². The first-order valence-electron chi connectivity index (χ1n) is 8.90. The van der Waals surface area contributed by atoms with Crippen LogP contribution in [0.2, 0.25) is 0 Å². The fourth-order valence-corrected chi connectivity index (χ4v) is 3.13. The Bertz CT molecular complexity index is 813. The molecule has 0 unspecified atom stereocenters. The molecule has 0 saturated carbocycles. The van der Waals surface area contributed by atoms with Gasteiger partial charge < -0.3 is 24.8 Å². The minimum atomic E-state index is -0.0889. The van der Waals surface area contributed by atoms with E-state index in [9.17, 15) is 4.79 Å². The van der Waals surface area contributed by atoms with E-state index < -0.39 is 0 Å². The molecule has 27 heavy (non-hydrogen) atoms. The normalized spacial score (nSPS) is 12.7. The second-order valence-corrected chi connectivity index (χ2v) is 6.46. The van der Waals surface area contributed by atoms with E-state index >= 15 is 0 Å². The van der Waals surface area contributed by atoms with Crippen molar-refractivity contribution in [3.63, 3.8) is 0 Å². The van der Waals surface area contributed by atoms with Crippen LogP contribution in [0.3, 0.4) is 0 Å². The summed E-state index contributed by atoms with van der Waals surface area (Å²) in [4.78, 5) is 19.1. The molecule has 1 aliphatic rings. The molecule has 1 aliphatic heterocycles. The summed E-state index contributed by atoms with van der Waals surface area (Å²) in [5, 5.41) is 0. The van der Waals surface area contributed by atoms with Crippen LogP contribution in [-0.4, -0.2) is 43.2 Å². The minimum absolute atomic E-state index is 0.0889. The van der Waals surface area contributed by atoms with Crippen LogP contribution in [0.25, 0.3) is 0 Å². The molecule has 3 rings (SSSR count). The molecule has 0 saturated heterocycles. The number of aromatic nitrogens is 1. The highest BCUT2D eigenvalue weighted by Crippen LogP contribution is 2.39. The zero-order chi connectivity index (χ0) is 19.4. The van der Waals surface area contributed by atoms with Crippen molar-refractivity contribution in [2.24, 2.45) is 5.73 Å². The number of hydrogen-bond acceptors (Lipinski definition) is 6. The average Bonchev–Trinajstić information content (AvgIpc) is 3.10. The Hall–Kier alpha value is -2.80. The van der Waals surface area contributed by atoms with Crippen molar-refractivity contribution in [1.29, 1.82) is 0 Å².